The lowest BCUT2D eigenvalue weighted by molar-refractivity contribution is 0.398. The molecule has 2 rings (SSSR count). The van der Waals surface area contributed by atoms with Crippen molar-refractivity contribution in [3.63, 3.8) is 0 Å². The van der Waals surface area contributed by atoms with Crippen LogP contribution in [0.25, 0.3) is 0 Å². The summed E-state index contributed by atoms with van der Waals surface area (Å²) in [4.78, 5) is 0. The zero-order valence-electron chi connectivity index (χ0n) is 8.26. The van der Waals surface area contributed by atoms with Gasteiger partial charge < -0.3 is 9.05 Å². The predicted molar refractivity (Wildman–Crippen MR) is 50.6 cm³/mol. The van der Waals surface area contributed by atoms with Crippen molar-refractivity contribution in [1.82, 2.24) is 10.3 Å². The van der Waals surface area contributed by atoms with Crippen molar-refractivity contribution >= 4 is 11.6 Å². The molecule has 0 radical (unpaired) electrons. The van der Waals surface area contributed by atoms with Crippen LogP contribution in [0.2, 0.25) is 0 Å². The summed E-state index contributed by atoms with van der Waals surface area (Å²) in [5, 5.41) is 14.7. The Bertz CT molecular complexity index is 473. The minimum absolute atomic E-state index is 0.403. The number of nitrogens with one attached hydrogen (secondary N) is 1. The quantitative estimate of drug-likeness (QED) is 0.616. The second-order valence-electron chi connectivity index (χ2n) is 2.93. The van der Waals surface area contributed by atoms with E-state index in [2.05, 4.69) is 26.1 Å². The molecule has 78 valence electrons. The first-order valence-corrected chi connectivity index (χ1v) is 4.27. The van der Waals surface area contributed by atoms with E-state index >= 15 is 0 Å². The molecule has 0 amide bonds. The number of aromatic nitrogens is 2. The molecule has 2 aromatic heterocycles. The Morgan fingerprint density at radius 3 is 2.47 bits per heavy atom. The van der Waals surface area contributed by atoms with Gasteiger partial charge in [0.25, 0.3) is 0 Å². The lowest BCUT2D eigenvalue weighted by Gasteiger charge is -1.86. The maximum absolute atomic E-state index is 4.82. The molecule has 0 atom stereocenters. The molecule has 0 fully saturated rings. The minimum Gasteiger partial charge on any atom is -0.359 e. The Kier molecular flexibility index (Phi) is 2.44. The number of rotatable bonds is 3. The SMILES string of the molecule is Cc1cc(N=NNc2cc(C)on2)no1. The molecule has 0 spiro atoms. The Morgan fingerprint density at radius 2 is 1.87 bits per heavy atom. The molecule has 0 aliphatic rings. The molecule has 0 aliphatic heterocycles. The van der Waals surface area contributed by atoms with Crippen LogP contribution < -0.4 is 5.43 Å². The number of hydrogen-bond donors (Lipinski definition) is 1. The van der Waals surface area contributed by atoms with Crippen molar-refractivity contribution in [1.29, 1.82) is 0 Å². The van der Waals surface area contributed by atoms with Gasteiger partial charge in [0.2, 0.25) is 5.82 Å². The highest BCUT2D eigenvalue weighted by Gasteiger charge is 1.98. The standard InChI is InChI=1S/C8H9N5O2/c1-5-3-7(11-14-5)9-13-10-8-4-6(2)15-12-8/h3-4H,1-2H3,(H,9,10,11,12). The lowest BCUT2D eigenvalue weighted by Crippen LogP contribution is -1.84. The molecule has 1 N–H and O–H groups in total. The highest BCUT2D eigenvalue weighted by Crippen LogP contribution is 2.12. The van der Waals surface area contributed by atoms with E-state index in [-0.39, 0.29) is 0 Å². The van der Waals surface area contributed by atoms with Crippen LogP contribution in [0.3, 0.4) is 0 Å². The summed E-state index contributed by atoms with van der Waals surface area (Å²) in [6, 6.07) is 3.37. The Labute approximate surface area is 85.1 Å². The second-order valence-corrected chi connectivity index (χ2v) is 2.93. The van der Waals surface area contributed by atoms with Gasteiger partial charge in [0, 0.05) is 12.1 Å². The highest BCUT2D eigenvalue weighted by atomic mass is 16.5. The van der Waals surface area contributed by atoms with Gasteiger partial charge in [-0.05, 0) is 13.8 Å². The third-order valence-electron chi connectivity index (χ3n) is 1.56. The van der Waals surface area contributed by atoms with Gasteiger partial charge in [-0.1, -0.05) is 15.5 Å². The average Bonchev–Trinajstić information content (AvgIpc) is 2.76. The first-order chi connectivity index (χ1) is 7.24. The predicted octanol–water partition coefficient (Wildman–Crippen LogP) is 2.39. The van der Waals surface area contributed by atoms with E-state index in [0.717, 1.165) is 0 Å². The van der Waals surface area contributed by atoms with Gasteiger partial charge >= 0.3 is 0 Å². The summed E-state index contributed by atoms with van der Waals surface area (Å²) < 4.78 is 9.63. The molecule has 7 nitrogen and oxygen atoms in total. The molecule has 2 aromatic rings. The summed E-state index contributed by atoms with van der Waals surface area (Å²) in [6.45, 7) is 3.57. The van der Waals surface area contributed by atoms with Gasteiger partial charge in [0.05, 0.1) is 0 Å². The average molecular weight is 207 g/mol. The molecule has 15 heavy (non-hydrogen) atoms. The van der Waals surface area contributed by atoms with Crippen molar-refractivity contribution in [3.8, 4) is 0 Å². The third-order valence-corrected chi connectivity index (χ3v) is 1.56. The van der Waals surface area contributed by atoms with Gasteiger partial charge in [-0.3, -0.25) is 0 Å². The van der Waals surface area contributed by atoms with Gasteiger partial charge in [-0.25, -0.2) is 5.43 Å². The smallest absolute Gasteiger partial charge is 0.218 e. The molecule has 0 aliphatic carbocycles. The van der Waals surface area contributed by atoms with Crippen molar-refractivity contribution in [3.05, 3.63) is 23.7 Å². The third kappa shape index (κ3) is 2.39. The van der Waals surface area contributed by atoms with E-state index in [1.807, 2.05) is 0 Å². The van der Waals surface area contributed by atoms with Crippen LogP contribution in [0, 0.1) is 13.8 Å². The number of anilines is 1. The monoisotopic (exact) mass is 207 g/mol. The summed E-state index contributed by atoms with van der Waals surface area (Å²) in [6.07, 6.45) is 0. The summed E-state index contributed by atoms with van der Waals surface area (Å²) in [5.74, 6) is 2.28. The molecular formula is C8H9N5O2. The molecule has 0 unspecified atom stereocenters. The van der Waals surface area contributed by atoms with Gasteiger partial charge in [0.1, 0.15) is 11.5 Å². The van der Waals surface area contributed by atoms with Gasteiger partial charge in [-0.15, -0.1) is 5.11 Å². The van der Waals surface area contributed by atoms with Crippen LogP contribution in [0.1, 0.15) is 11.5 Å². The van der Waals surface area contributed by atoms with Gasteiger partial charge in [0.15, 0.2) is 5.82 Å². The Balaban J connectivity index is 1.96. The van der Waals surface area contributed by atoms with Crippen molar-refractivity contribution in [2.45, 2.75) is 13.8 Å². The van der Waals surface area contributed by atoms with Crippen LogP contribution in [0.4, 0.5) is 11.6 Å². The fraction of sp³-hybridized carbons (Fsp3) is 0.250. The molecule has 0 aromatic carbocycles. The second kappa shape index (κ2) is 3.91. The van der Waals surface area contributed by atoms with E-state index in [0.29, 0.717) is 23.2 Å². The van der Waals surface area contributed by atoms with Crippen LogP contribution in [0.5, 0.6) is 0 Å². The zero-order chi connectivity index (χ0) is 10.7. The fourth-order valence-corrected chi connectivity index (χ4v) is 0.947. The van der Waals surface area contributed by atoms with Crippen molar-refractivity contribution < 1.29 is 9.05 Å². The first kappa shape index (κ1) is 9.38. The summed E-state index contributed by atoms with van der Waals surface area (Å²) >= 11 is 0. The van der Waals surface area contributed by atoms with Crippen molar-refractivity contribution in [2.24, 2.45) is 10.3 Å². The minimum atomic E-state index is 0.403. The van der Waals surface area contributed by atoms with E-state index in [1.54, 1.807) is 26.0 Å². The van der Waals surface area contributed by atoms with Crippen molar-refractivity contribution in [2.75, 3.05) is 5.43 Å². The molecular weight excluding hydrogens is 198 g/mol. The van der Waals surface area contributed by atoms with E-state index < -0.39 is 0 Å². The van der Waals surface area contributed by atoms with Gasteiger partial charge in [-0.2, -0.15) is 0 Å². The number of aryl methyl sites for hydroxylation is 2. The van der Waals surface area contributed by atoms with E-state index in [1.165, 1.54) is 0 Å². The summed E-state index contributed by atoms with van der Waals surface area (Å²) in [5.41, 5.74) is 2.60. The maximum Gasteiger partial charge on any atom is 0.218 e. The Morgan fingerprint density at radius 1 is 1.13 bits per heavy atom. The zero-order valence-corrected chi connectivity index (χ0v) is 8.26. The molecule has 7 heteroatoms. The summed E-state index contributed by atoms with van der Waals surface area (Å²) in [7, 11) is 0. The molecule has 0 bridgehead atoms. The van der Waals surface area contributed by atoms with Crippen LogP contribution in [0.15, 0.2) is 31.5 Å². The fourth-order valence-electron chi connectivity index (χ4n) is 0.947. The van der Waals surface area contributed by atoms with Crippen LogP contribution in [-0.2, 0) is 0 Å². The number of hydrogen-bond acceptors (Lipinski definition) is 6. The molecule has 0 saturated carbocycles. The largest absolute Gasteiger partial charge is 0.359 e. The Hall–Kier alpha value is -2.18. The first-order valence-electron chi connectivity index (χ1n) is 4.27. The van der Waals surface area contributed by atoms with E-state index in [4.69, 9.17) is 9.05 Å². The normalized spacial score (nSPS) is 11.1. The lowest BCUT2D eigenvalue weighted by atomic mass is 10.5. The van der Waals surface area contributed by atoms with E-state index in [9.17, 15) is 0 Å². The number of nitrogens with zero attached hydrogens (tertiary/aromatic N) is 4. The highest BCUT2D eigenvalue weighted by molar-refractivity contribution is 5.32. The topological polar surface area (TPSA) is 88.8 Å². The molecule has 2 heterocycles. The molecule has 0 saturated heterocycles. The maximum atomic E-state index is 4.82. The van der Waals surface area contributed by atoms with Crippen LogP contribution in [-0.4, -0.2) is 10.3 Å². The van der Waals surface area contributed by atoms with Crippen LogP contribution >= 0.6 is 0 Å².